The van der Waals surface area contributed by atoms with Crippen molar-refractivity contribution in [2.24, 2.45) is 5.92 Å². The molecule has 0 saturated heterocycles. The second-order valence-corrected chi connectivity index (χ2v) is 5.17. The fraction of sp³-hybridized carbons (Fsp3) is 0.211. The molecule has 0 radical (unpaired) electrons. The molecule has 0 heterocycles. The molecular formula is C19H16N2O. The van der Waals surface area contributed by atoms with Gasteiger partial charge in [0.2, 0.25) is 0 Å². The zero-order chi connectivity index (χ0) is 15.9. The molecule has 0 spiro atoms. The van der Waals surface area contributed by atoms with E-state index in [9.17, 15) is 15.3 Å². The number of nitrogens with zero attached hydrogens (tertiary/aromatic N) is 2. The van der Waals surface area contributed by atoms with Crippen LogP contribution in [0.4, 0.5) is 0 Å². The van der Waals surface area contributed by atoms with Gasteiger partial charge in [-0.1, -0.05) is 60.7 Å². The van der Waals surface area contributed by atoms with Crippen LogP contribution in [0.15, 0.2) is 60.7 Å². The van der Waals surface area contributed by atoms with E-state index in [1.165, 1.54) is 6.92 Å². The summed E-state index contributed by atoms with van der Waals surface area (Å²) in [5.41, 5.74) is 1.67. The molecule has 0 saturated carbocycles. The number of Topliss-reactive ketones (excluding diaryl/α,β-unsaturated/α-hetero) is 1. The van der Waals surface area contributed by atoms with E-state index >= 15 is 0 Å². The van der Waals surface area contributed by atoms with Crippen LogP contribution in [0, 0.1) is 28.6 Å². The molecule has 3 heteroatoms. The first-order chi connectivity index (χ1) is 10.7. The number of carbonyl (C=O) groups is 1. The fourth-order valence-corrected chi connectivity index (χ4v) is 2.80. The van der Waals surface area contributed by atoms with Crippen LogP contribution in [-0.2, 0) is 4.79 Å². The van der Waals surface area contributed by atoms with Crippen LogP contribution < -0.4 is 0 Å². The van der Waals surface area contributed by atoms with Gasteiger partial charge in [-0.3, -0.25) is 4.79 Å². The molecule has 3 nitrogen and oxygen atoms in total. The van der Waals surface area contributed by atoms with E-state index < -0.39 is 17.8 Å². The molecule has 0 aliphatic heterocycles. The predicted octanol–water partition coefficient (Wildman–Crippen LogP) is 3.81. The Balaban J connectivity index is 2.58. The van der Waals surface area contributed by atoms with Crippen LogP contribution in [0.5, 0.6) is 0 Å². The molecular weight excluding hydrogens is 272 g/mol. The first kappa shape index (κ1) is 15.5. The summed E-state index contributed by atoms with van der Waals surface area (Å²) < 4.78 is 0. The minimum absolute atomic E-state index is 0.0458. The smallest absolute Gasteiger partial charge is 0.141 e. The molecule has 0 bridgehead atoms. The van der Waals surface area contributed by atoms with Crippen LogP contribution in [-0.4, -0.2) is 5.78 Å². The number of hydrogen-bond donors (Lipinski definition) is 0. The highest BCUT2D eigenvalue weighted by Gasteiger charge is 2.35. The van der Waals surface area contributed by atoms with Gasteiger partial charge in [-0.25, -0.2) is 0 Å². The van der Waals surface area contributed by atoms with Crippen molar-refractivity contribution in [1.29, 1.82) is 10.5 Å². The van der Waals surface area contributed by atoms with Gasteiger partial charge in [0.25, 0.3) is 0 Å². The number of carbonyl (C=O) groups excluding carboxylic acids is 1. The van der Waals surface area contributed by atoms with E-state index in [4.69, 9.17) is 0 Å². The van der Waals surface area contributed by atoms with Crippen LogP contribution >= 0.6 is 0 Å². The molecule has 2 aromatic rings. The summed E-state index contributed by atoms with van der Waals surface area (Å²) in [6, 6.07) is 22.7. The number of ketones is 1. The summed E-state index contributed by atoms with van der Waals surface area (Å²) in [5.74, 6) is -1.91. The van der Waals surface area contributed by atoms with E-state index in [1.54, 1.807) is 0 Å². The van der Waals surface area contributed by atoms with Gasteiger partial charge in [0, 0.05) is 5.92 Å². The normalized spacial score (nSPS) is 12.9. The first-order valence-electron chi connectivity index (χ1n) is 7.08. The lowest BCUT2D eigenvalue weighted by molar-refractivity contribution is -0.119. The Morgan fingerprint density at radius 1 is 0.864 bits per heavy atom. The summed E-state index contributed by atoms with van der Waals surface area (Å²) in [7, 11) is 0. The zero-order valence-corrected chi connectivity index (χ0v) is 12.3. The third-order valence-electron chi connectivity index (χ3n) is 3.78. The minimum atomic E-state index is -0.878. The maximum Gasteiger partial charge on any atom is 0.141 e. The maximum absolute atomic E-state index is 12.3. The van der Waals surface area contributed by atoms with Crippen molar-refractivity contribution < 1.29 is 4.79 Å². The Morgan fingerprint density at radius 2 is 1.32 bits per heavy atom. The monoisotopic (exact) mass is 288 g/mol. The van der Waals surface area contributed by atoms with Crippen molar-refractivity contribution in [1.82, 2.24) is 0 Å². The molecule has 0 N–H and O–H groups in total. The van der Waals surface area contributed by atoms with Gasteiger partial charge >= 0.3 is 0 Å². The van der Waals surface area contributed by atoms with Crippen LogP contribution in [0.25, 0.3) is 0 Å². The second-order valence-electron chi connectivity index (χ2n) is 5.17. The van der Waals surface area contributed by atoms with E-state index in [0.717, 1.165) is 11.1 Å². The topological polar surface area (TPSA) is 64.7 Å². The van der Waals surface area contributed by atoms with Crippen LogP contribution in [0.3, 0.4) is 0 Å². The predicted molar refractivity (Wildman–Crippen MR) is 83.8 cm³/mol. The fourth-order valence-electron chi connectivity index (χ4n) is 2.80. The van der Waals surface area contributed by atoms with Gasteiger partial charge in [0.1, 0.15) is 11.7 Å². The van der Waals surface area contributed by atoms with E-state index in [1.807, 2.05) is 72.8 Å². The van der Waals surface area contributed by atoms with Gasteiger partial charge in [-0.05, 0) is 18.1 Å². The Labute approximate surface area is 130 Å². The third kappa shape index (κ3) is 3.22. The summed E-state index contributed by atoms with van der Waals surface area (Å²) >= 11 is 0. The quantitative estimate of drug-likeness (QED) is 0.840. The van der Waals surface area contributed by atoms with Crippen molar-refractivity contribution in [2.75, 3.05) is 0 Å². The standard InChI is InChI=1S/C19H16N2O/c1-14(22)18(15-8-4-2-5-9-15)19(17(12-20)13-21)16-10-6-3-7-11-16/h2-11,17-19H,1H3. The lowest BCUT2D eigenvalue weighted by Gasteiger charge is -2.26. The molecule has 0 aliphatic carbocycles. The highest BCUT2D eigenvalue weighted by atomic mass is 16.1. The molecule has 2 atom stereocenters. The molecule has 108 valence electrons. The maximum atomic E-state index is 12.3. The Hall–Kier alpha value is -2.91. The SMILES string of the molecule is CC(=O)C(c1ccccc1)C(c1ccccc1)C(C#N)C#N. The number of hydrogen-bond acceptors (Lipinski definition) is 3. The minimum Gasteiger partial charge on any atom is -0.299 e. The summed E-state index contributed by atoms with van der Waals surface area (Å²) in [6.45, 7) is 1.51. The zero-order valence-electron chi connectivity index (χ0n) is 12.3. The molecule has 0 fully saturated rings. The molecule has 0 aromatic heterocycles. The van der Waals surface area contributed by atoms with Gasteiger partial charge in [-0.15, -0.1) is 0 Å². The molecule has 0 amide bonds. The molecule has 22 heavy (non-hydrogen) atoms. The van der Waals surface area contributed by atoms with E-state index in [0.29, 0.717) is 0 Å². The molecule has 0 aliphatic rings. The number of benzene rings is 2. The van der Waals surface area contributed by atoms with Crippen molar-refractivity contribution in [3.63, 3.8) is 0 Å². The van der Waals surface area contributed by atoms with E-state index in [-0.39, 0.29) is 5.78 Å². The average molecular weight is 288 g/mol. The Morgan fingerprint density at radius 3 is 1.73 bits per heavy atom. The van der Waals surface area contributed by atoms with Crippen molar-refractivity contribution >= 4 is 5.78 Å². The summed E-state index contributed by atoms with van der Waals surface area (Å²) in [6.07, 6.45) is 0. The second kappa shape index (κ2) is 7.20. The van der Waals surface area contributed by atoms with Crippen molar-refractivity contribution in [3.8, 4) is 12.1 Å². The highest BCUT2D eigenvalue weighted by molar-refractivity contribution is 5.84. The summed E-state index contributed by atoms with van der Waals surface area (Å²) in [4.78, 5) is 12.3. The molecule has 2 rings (SSSR count). The largest absolute Gasteiger partial charge is 0.299 e. The first-order valence-corrected chi connectivity index (χ1v) is 7.08. The number of rotatable bonds is 5. The average Bonchev–Trinajstić information content (AvgIpc) is 2.56. The van der Waals surface area contributed by atoms with Crippen LogP contribution in [0.2, 0.25) is 0 Å². The van der Waals surface area contributed by atoms with Crippen molar-refractivity contribution in [3.05, 3.63) is 71.8 Å². The lowest BCUT2D eigenvalue weighted by Crippen LogP contribution is -2.24. The molecule has 2 aromatic carbocycles. The van der Waals surface area contributed by atoms with Gasteiger partial charge in [0.05, 0.1) is 18.1 Å². The van der Waals surface area contributed by atoms with E-state index in [2.05, 4.69) is 0 Å². The van der Waals surface area contributed by atoms with Crippen molar-refractivity contribution in [2.45, 2.75) is 18.8 Å². The van der Waals surface area contributed by atoms with Crippen LogP contribution in [0.1, 0.15) is 29.9 Å². The molecule has 2 unspecified atom stereocenters. The Bertz CT molecular complexity index is 697. The Kier molecular flexibility index (Phi) is 5.07. The summed E-state index contributed by atoms with van der Waals surface area (Å²) in [5, 5.41) is 18.7. The third-order valence-corrected chi connectivity index (χ3v) is 3.78. The number of nitriles is 2. The van der Waals surface area contributed by atoms with Gasteiger partial charge < -0.3 is 0 Å². The lowest BCUT2D eigenvalue weighted by atomic mass is 9.73. The van der Waals surface area contributed by atoms with Gasteiger partial charge in [-0.2, -0.15) is 10.5 Å². The van der Waals surface area contributed by atoms with Gasteiger partial charge in [0.15, 0.2) is 0 Å². The highest BCUT2D eigenvalue weighted by Crippen LogP contribution is 2.39.